The molecular weight excluding hydrogens is 116 g/mol. The Kier molecular flexibility index (Phi) is 5.93. The summed E-state index contributed by atoms with van der Waals surface area (Å²) in [7, 11) is 1.83. The van der Waals surface area contributed by atoms with E-state index in [-0.39, 0.29) is 6.10 Å². The molecule has 0 saturated carbocycles. The van der Waals surface area contributed by atoms with Gasteiger partial charge in [-0.15, -0.1) is 0 Å². The van der Waals surface area contributed by atoms with Gasteiger partial charge in [-0.25, -0.2) is 0 Å². The fourth-order valence-corrected chi connectivity index (χ4v) is 0.619. The second-order valence-corrected chi connectivity index (χ2v) is 2.02. The van der Waals surface area contributed by atoms with E-state index in [1.165, 1.54) is 0 Å². The van der Waals surface area contributed by atoms with Crippen molar-refractivity contribution in [3.05, 3.63) is 0 Å². The Morgan fingerprint density at radius 1 is 1.44 bits per heavy atom. The van der Waals surface area contributed by atoms with Crippen molar-refractivity contribution in [3.8, 4) is 0 Å². The molecule has 0 aliphatic carbocycles. The number of aliphatic hydroxyl groups is 1. The monoisotopic (exact) mass is 132 g/mol. The normalized spacial score (nSPS) is 13.7. The predicted octanol–water partition coefficient (Wildman–Crippen LogP) is -0.824. The Bertz CT molecular complexity index is 59.0. The van der Waals surface area contributed by atoms with Crippen molar-refractivity contribution < 1.29 is 5.11 Å². The lowest BCUT2D eigenvalue weighted by molar-refractivity contribution is 0.172. The van der Waals surface area contributed by atoms with Crippen LogP contribution in [0.25, 0.3) is 0 Å². The largest absolute Gasteiger partial charge is 0.390 e. The predicted molar refractivity (Wildman–Crippen MR) is 38.5 cm³/mol. The van der Waals surface area contributed by atoms with Crippen molar-refractivity contribution in [2.24, 2.45) is 0 Å². The molecule has 3 N–H and O–H groups in total. The van der Waals surface area contributed by atoms with Crippen molar-refractivity contribution in [2.45, 2.75) is 13.0 Å². The highest BCUT2D eigenvalue weighted by molar-refractivity contribution is 4.59. The molecule has 0 aliphatic rings. The number of rotatable bonds is 5. The first-order valence-corrected chi connectivity index (χ1v) is 3.34. The molecule has 3 nitrogen and oxygen atoms in total. The van der Waals surface area contributed by atoms with Crippen molar-refractivity contribution in [2.75, 3.05) is 26.7 Å². The van der Waals surface area contributed by atoms with Crippen LogP contribution in [-0.2, 0) is 0 Å². The standard InChI is InChI=1S/C6H16N2O/c1-3-8-5-6(9)4-7-2/h6-9H,3-5H2,1-2H3. The van der Waals surface area contributed by atoms with E-state index in [1.54, 1.807) is 0 Å². The minimum atomic E-state index is -0.255. The molecule has 0 aromatic heterocycles. The van der Waals surface area contributed by atoms with Crippen LogP contribution >= 0.6 is 0 Å². The third-order valence-electron chi connectivity index (χ3n) is 1.07. The summed E-state index contributed by atoms with van der Waals surface area (Å²) in [4.78, 5) is 0. The van der Waals surface area contributed by atoms with Crippen molar-refractivity contribution in [1.82, 2.24) is 10.6 Å². The highest BCUT2D eigenvalue weighted by Gasteiger charge is 1.98. The molecule has 0 heterocycles. The van der Waals surface area contributed by atoms with Gasteiger partial charge in [0.15, 0.2) is 0 Å². The lowest BCUT2D eigenvalue weighted by Gasteiger charge is -2.08. The Morgan fingerprint density at radius 2 is 2.11 bits per heavy atom. The van der Waals surface area contributed by atoms with Crippen LogP contribution in [0, 0.1) is 0 Å². The van der Waals surface area contributed by atoms with Crippen molar-refractivity contribution in [3.63, 3.8) is 0 Å². The Balaban J connectivity index is 2.95. The molecule has 0 bridgehead atoms. The average Bonchev–Trinajstić information content (AvgIpc) is 1.85. The Labute approximate surface area is 56.5 Å². The van der Waals surface area contributed by atoms with Gasteiger partial charge in [-0.1, -0.05) is 6.92 Å². The average molecular weight is 132 g/mol. The van der Waals surface area contributed by atoms with Crippen molar-refractivity contribution >= 4 is 0 Å². The van der Waals surface area contributed by atoms with E-state index >= 15 is 0 Å². The number of aliphatic hydroxyl groups excluding tert-OH is 1. The van der Waals surface area contributed by atoms with Gasteiger partial charge >= 0.3 is 0 Å². The Hall–Kier alpha value is -0.120. The Morgan fingerprint density at radius 3 is 2.56 bits per heavy atom. The zero-order valence-electron chi connectivity index (χ0n) is 6.15. The molecule has 0 saturated heterocycles. The molecule has 1 atom stereocenters. The van der Waals surface area contributed by atoms with E-state index in [4.69, 9.17) is 5.11 Å². The summed E-state index contributed by atoms with van der Waals surface area (Å²) in [6, 6.07) is 0. The molecule has 0 aromatic rings. The van der Waals surface area contributed by atoms with Crippen LogP contribution in [0.15, 0.2) is 0 Å². The maximum absolute atomic E-state index is 9.06. The van der Waals surface area contributed by atoms with Gasteiger partial charge in [0, 0.05) is 13.1 Å². The van der Waals surface area contributed by atoms with E-state index < -0.39 is 0 Å². The summed E-state index contributed by atoms with van der Waals surface area (Å²) in [5.74, 6) is 0. The minimum Gasteiger partial charge on any atom is -0.390 e. The fourth-order valence-electron chi connectivity index (χ4n) is 0.619. The SMILES string of the molecule is CCNCC(O)CNC. The van der Waals surface area contributed by atoms with Gasteiger partial charge in [0.05, 0.1) is 6.10 Å². The van der Waals surface area contributed by atoms with Gasteiger partial charge in [0.1, 0.15) is 0 Å². The molecule has 0 aromatic carbocycles. The maximum Gasteiger partial charge on any atom is 0.0788 e. The highest BCUT2D eigenvalue weighted by Crippen LogP contribution is 1.74. The van der Waals surface area contributed by atoms with Crippen LogP contribution in [0.4, 0.5) is 0 Å². The van der Waals surface area contributed by atoms with Gasteiger partial charge < -0.3 is 15.7 Å². The molecule has 0 spiro atoms. The lowest BCUT2D eigenvalue weighted by atomic mass is 10.3. The second-order valence-electron chi connectivity index (χ2n) is 2.02. The minimum absolute atomic E-state index is 0.255. The molecule has 0 amide bonds. The smallest absolute Gasteiger partial charge is 0.0788 e. The van der Waals surface area contributed by atoms with Crippen LogP contribution in [0.1, 0.15) is 6.92 Å². The third-order valence-corrected chi connectivity index (χ3v) is 1.07. The first-order valence-electron chi connectivity index (χ1n) is 3.34. The molecule has 3 heteroatoms. The molecular formula is C6H16N2O. The first kappa shape index (κ1) is 8.88. The highest BCUT2D eigenvalue weighted by atomic mass is 16.3. The van der Waals surface area contributed by atoms with Crippen LogP contribution in [0.3, 0.4) is 0 Å². The van der Waals surface area contributed by atoms with Crippen LogP contribution in [0.2, 0.25) is 0 Å². The molecule has 1 unspecified atom stereocenters. The zero-order chi connectivity index (χ0) is 7.11. The van der Waals surface area contributed by atoms with E-state index in [1.807, 2.05) is 14.0 Å². The van der Waals surface area contributed by atoms with Crippen LogP contribution < -0.4 is 10.6 Å². The fraction of sp³-hybridized carbons (Fsp3) is 1.00. The summed E-state index contributed by atoms with van der Waals surface area (Å²) in [6.07, 6.45) is -0.255. The van der Waals surface area contributed by atoms with E-state index in [0.717, 1.165) is 6.54 Å². The lowest BCUT2D eigenvalue weighted by Crippen LogP contribution is -2.33. The molecule has 9 heavy (non-hydrogen) atoms. The van der Waals surface area contributed by atoms with Crippen LogP contribution in [0.5, 0.6) is 0 Å². The molecule has 0 fully saturated rings. The zero-order valence-corrected chi connectivity index (χ0v) is 6.15. The maximum atomic E-state index is 9.06. The summed E-state index contributed by atoms with van der Waals surface area (Å²) >= 11 is 0. The molecule has 0 aliphatic heterocycles. The molecule has 0 rings (SSSR count). The number of hydrogen-bond donors (Lipinski definition) is 3. The molecule has 0 radical (unpaired) electrons. The van der Waals surface area contributed by atoms with Gasteiger partial charge in [-0.05, 0) is 13.6 Å². The van der Waals surface area contributed by atoms with Gasteiger partial charge in [-0.2, -0.15) is 0 Å². The summed E-state index contributed by atoms with van der Waals surface area (Å²) in [5, 5.41) is 15.0. The topological polar surface area (TPSA) is 44.3 Å². The summed E-state index contributed by atoms with van der Waals surface area (Å²) in [5.41, 5.74) is 0. The molecule has 56 valence electrons. The van der Waals surface area contributed by atoms with Crippen molar-refractivity contribution in [1.29, 1.82) is 0 Å². The number of likely N-dealkylation sites (N-methyl/N-ethyl adjacent to an activating group) is 2. The van der Waals surface area contributed by atoms with E-state index in [0.29, 0.717) is 13.1 Å². The number of nitrogens with one attached hydrogen (secondary N) is 2. The second kappa shape index (κ2) is 6.01. The number of hydrogen-bond acceptors (Lipinski definition) is 3. The summed E-state index contributed by atoms with van der Waals surface area (Å²) in [6.45, 7) is 4.28. The van der Waals surface area contributed by atoms with Gasteiger partial charge in [0.25, 0.3) is 0 Å². The van der Waals surface area contributed by atoms with E-state index in [2.05, 4.69) is 10.6 Å². The summed E-state index contributed by atoms with van der Waals surface area (Å²) < 4.78 is 0. The van der Waals surface area contributed by atoms with E-state index in [9.17, 15) is 0 Å². The third kappa shape index (κ3) is 5.76. The van der Waals surface area contributed by atoms with Crippen LogP contribution in [-0.4, -0.2) is 37.9 Å². The van der Waals surface area contributed by atoms with Gasteiger partial charge in [0.2, 0.25) is 0 Å². The quantitative estimate of drug-likeness (QED) is 0.458. The van der Waals surface area contributed by atoms with Gasteiger partial charge in [-0.3, -0.25) is 0 Å². The first-order chi connectivity index (χ1) is 4.31.